The molecule has 69 heavy (non-hydrogen) atoms. The van der Waals surface area contributed by atoms with Gasteiger partial charge in [-0.05, 0) is 248 Å². The Morgan fingerprint density at radius 2 is 0.652 bits per heavy atom. The summed E-state index contributed by atoms with van der Waals surface area (Å²) in [6.07, 6.45) is 22.7. The lowest BCUT2D eigenvalue weighted by atomic mass is 9.68. The van der Waals surface area contributed by atoms with Gasteiger partial charge in [0.15, 0.2) is 16.6 Å². The smallest absolute Gasteiger partial charge is 0.311 e. The third-order valence-corrected chi connectivity index (χ3v) is 26.3. The van der Waals surface area contributed by atoms with Gasteiger partial charge in [-0.25, -0.2) is 0 Å². The second kappa shape index (κ2) is 36.3. The topological polar surface area (TPSA) is 18.5 Å². The van der Waals surface area contributed by atoms with Crippen LogP contribution >= 0.6 is 0 Å². The first-order valence-electron chi connectivity index (χ1n) is 30.5. The molecule has 0 aromatic carbocycles. The van der Waals surface area contributed by atoms with Crippen LogP contribution in [-0.2, 0) is 8.23 Å². The average molecular weight is 1020 g/mol. The Hall–Kier alpha value is 0.311. The summed E-state index contributed by atoms with van der Waals surface area (Å²) in [7, 11) is -5.22. The normalized spacial score (nSPS) is 16.1. The minimum atomic E-state index is -1.98. The highest BCUT2D eigenvalue weighted by atomic mass is 28.5. The van der Waals surface area contributed by atoms with E-state index >= 15 is 0 Å². The van der Waals surface area contributed by atoms with Gasteiger partial charge >= 0.3 is 8.56 Å². The van der Waals surface area contributed by atoms with Crippen LogP contribution in [0.2, 0.25) is 45.3 Å². The summed E-state index contributed by atoms with van der Waals surface area (Å²) in [6, 6.07) is 1.21. The summed E-state index contributed by atoms with van der Waals surface area (Å²) >= 11 is 0. The van der Waals surface area contributed by atoms with Crippen LogP contribution < -0.4 is 0 Å². The zero-order chi connectivity index (χ0) is 54.0. The van der Waals surface area contributed by atoms with Gasteiger partial charge in [0.2, 0.25) is 0 Å². The van der Waals surface area contributed by atoms with Gasteiger partial charge in [0.05, 0.1) is 0 Å². The quantitative estimate of drug-likeness (QED) is 0.0571. The minimum Gasteiger partial charge on any atom is -0.437 e. The molecule has 0 amide bonds. The zero-order valence-electron chi connectivity index (χ0n) is 53.0. The lowest BCUT2D eigenvalue weighted by molar-refractivity contribution is 0.136. The van der Waals surface area contributed by atoms with Gasteiger partial charge in [-0.15, -0.1) is 6.58 Å². The number of hydrogen-bond acceptors (Lipinski definition) is 2. The SMILES string of the molecule is C=C[Si](C)(C)O[Si](C)(C)O[Si](C)(C)CCC.CC(C)CC(C)CC(CC(CC(CC(C)C)CC(C)C)CC(CC(C)C)CC(C)C)CC(C)C(CC(C)CC(C)C)CC(C)C(CC(C)C)CC(C)C. The van der Waals surface area contributed by atoms with Gasteiger partial charge in [-0.1, -0.05) is 158 Å². The molecule has 416 valence electrons. The fraction of sp³-hybridized carbons (Fsp3) is 0.969. The van der Waals surface area contributed by atoms with Crippen molar-refractivity contribution in [2.24, 2.45) is 107 Å². The minimum absolute atomic E-state index is 0.797. The Kier molecular flexibility index (Phi) is 37.6. The average Bonchev–Trinajstić information content (AvgIpc) is 3.11. The standard InChI is InChI=1S/C53H108.C11H28O2Si3/c1-36(2)21-44(17)29-50(35-51(33-48(23-38(5)6)24-39(7)8)34-49(25-40(9)10)26-41(11)12)31-46(19)53(30-45(18)22-37(3)4)32-47(20)52(27-42(13)14)28-43(15)16;1-9-11-15(5,6)13-16(7,8)12-14(3,4)10-2/h36-53H,21-35H2,1-20H3;10H,2,9,11H2,1,3-8H3. The molecule has 0 rings (SSSR count). The molecule has 0 heterocycles. The molecule has 0 aliphatic rings. The Morgan fingerprint density at radius 1 is 0.348 bits per heavy atom. The molecule has 0 fully saturated rings. The van der Waals surface area contributed by atoms with E-state index in [4.69, 9.17) is 8.23 Å². The molecule has 0 saturated heterocycles. The number of hydrogen-bond donors (Lipinski definition) is 0. The van der Waals surface area contributed by atoms with Crippen molar-refractivity contribution < 1.29 is 8.23 Å². The van der Waals surface area contributed by atoms with E-state index in [-0.39, 0.29) is 0 Å². The van der Waals surface area contributed by atoms with Crippen molar-refractivity contribution in [3.8, 4) is 0 Å². The summed E-state index contributed by atoms with van der Waals surface area (Å²) in [5.74, 6) is 14.9. The highest BCUT2D eigenvalue weighted by Crippen LogP contribution is 2.43. The molecule has 0 saturated carbocycles. The molecule has 0 aliphatic heterocycles. The van der Waals surface area contributed by atoms with Crippen molar-refractivity contribution in [3.63, 3.8) is 0 Å². The van der Waals surface area contributed by atoms with Gasteiger partial charge in [0, 0.05) is 0 Å². The molecule has 2 nitrogen and oxygen atoms in total. The summed E-state index contributed by atoms with van der Waals surface area (Å²) < 4.78 is 12.6. The summed E-state index contributed by atoms with van der Waals surface area (Å²) in [5, 5.41) is 0. The van der Waals surface area contributed by atoms with Crippen LogP contribution in [0.3, 0.4) is 0 Å². The van der Waals surface area contributed by atoms with Gasteiger partial charge in [0.25, 0.3) is 0 Å². The molecular weight excluding hydrogens is 885 g/mol. The van der Waals surface area contributed by atoms with Gasteiger partial charge < -0.3 is 8.23 Å². The van der Waals surface area contributed by atoms with Crippen LogP contribution in [-0.4, -0.2) is 25.2 Å². The zero-order valence-corrected chi connectivity index (χ0v) is 56.0. The van der Waals surface area contributed by atoms with Gasteiger partial charge in [-0.3, -0.25) is 0 Å². The largest absolute Gasteiger partial charge is 0.437 e. The lowest BCUT2D eigenvalue weighted by Crippen LogP contribution is -2.51. The van der Waals surface area contributed by atoms with Crippen molar-refractivity contribution in [3.05, 3.63) is 12.3 Å². The molecule has 0 aliphatic carbocycles. The van der Waals surface area contributed by atoms with Crippen molar-refractivity contribution in [2.75, 3.05) is 0 Å². The van der Waals surface area contributed by atoms with Crippen LogP contribution in [0.15, 0.2) is 12.3 Å². The van der Waals surface area contributed by atoms with Crippen LogP contribution in [0.5, 0.6) is 0 Å². The van der Waals surface area contributed by atoms with Crippen LogP contribution in [0.4, 0.5) is 0 Å². The summed E-state index contributed by atoms with van der Waals surface area (Å²) in [6.45, 7) is 69.4. The molecule has 6 unspecified atom stereocenters. The maximum atomic E-state index is 6.35. The third-order valence-electron chi connectivity index (χ3n) is 15.3. The molecule has 0 spiro atoms. The maximum Gasteiger partial charge on any atom is 0.311 e. The second-order valence-corrected chi connectivity index (χ2v) is 41.8. The van der Waals surface area contributed by atoms with Crippen LogP contribution in [0, 0.1) is 107 Å². The van der Waals surface area contributed by atoms with Crippen molar-refractivity contribution in [2.45, 2.75) is 293 Å². The highest BCUT2D eigenvalue weighted by molar-refractivity contribution is 6.89. The first-order chi connectivity index (χ1) is 31.5. The molecule has 0 N–H and O–H groups in total. The Labute approximate surface area is 443 Å². The first kappa shape index (κ1) is 71.4. The lowest BCUT2D eigenvalue weighted by Gasteiger charge is -2.37. The van der Waals surface area contributed by atoms with E-state index in [0.29, 0.717) is 0 Å². The molecule has 0 radical (unpaired) electrons. The van der Waals surface area contributed by atoms with Crippen LogP contribution in [0.25, 0.3) is 0 Å². The fourth-order valence-electron chi connectivity index (χ4n) is 13.9. The summed E-state index contributed by atoms with van der Waals surface area (Å²) in [4.78, 5) is 0. The predicted octanol–water partition coefficient (Wildman–Crippen LogP) is 22.6. The maximum absolute atomic E-state index is 6.35. The Balaban J connectivity index is 0. The molecule has 0 aromatic heterocycles. The van der Waals surface area contributed by atoms with E-state index in [1.807, 2.05) is 5.70 Å². The first-order valence-corrected chi connectivity index (χ1v) is 39.5. The van der Waals surface area contributed by atoms with Gasteiger partial charge in [-0.2, -0.15) is 0 Å². The van der Waals surface area contributed by atoms with E-state index in [2.05, 4.69) is 191 Å². The van der Waals surface area contributed by atoms with E-state index in [1.165, 1.54) is 109 Å². The molecule has 6 atom stereocenters. The van der Waals surface area contributed by atoms with Crippen molar-refractivity contribution >= 4 is 25.2 Å². The second-order valence-electron chi connectivity index (χ2n) is 29.8. The number of rotatable bonds is 39. The predicted molar refractivity (Wildman–Crippen MR) is 325 cm³/mol. The monoisotopic (exact) mass is 1020 g/mol. The van der Waals surface area contributed by atoms with E-state index in [9.17, 15) is 0 Å². The molecule has 0 bridgehead atoms. The molecular formula is C64H136O2Si3. The third kappa shape index (κ3) is 39.4. The highest BCUT2D eigenvalue weighted by Gasteiger charge is 2.38. The Morgan fingerprint density at radius 3 is 0.986 bits per heavy atom. The van der Waals surface area contributed by atoms with E-state index < -0.39 is 25.2 Å². The summed E-state index contributed by atoms with van der Waals surface area (Å²) in [5.41, 5.74) is 1.99. The van der Waals surface area contributed by atoms with Crippen molar-refractivity contribution in [1.82, 2.24) is 0 Å². The van der Waals surface area contributed by atoms with Gasteiger partial charge in [0.1, 0.15) is 0 Å². The Bertz CT molecular complexity index is 1180. The van der Waals surface area contributed by atoms with E-state index in [1.54, 1.807) is 0 Å². The molecule has 5 heteroatoms. The van der Waals surface area contributed by atoms with Crippen molar-refractivity contribution in [1.29, 1.82) is 0 Å². The van der Waals surface area contributed by atoms with E-state index in [0.717, 1.165) is 107 Å². The fourth-order valence-corrected chi connectivity index (χ4v) is 26.7. The molecule has 0 aromatic rings. The van der Waals surface area contributed by atoms with Crippen LogP contribution in [0.1, 0.15) is 248 Å².